The Morgan fingerprint density at radius 3 is 2.25 bits per heavy atom. The molecular formula is C17H19Cl2NO3S. The van der Waals surface area contributed by atoms with Crippen LogP contribution in [0.5, 0.6) is 5.75 Å². The second-order valence-electron chi connectivity index (χ2n) is 5.41. The molecule has 0 unspecified atom stereocenters. The molecule has 24 heavy (non-hydrogen) atoms. The molecule has 0 amide bonds. The predicted molar refractivity (Wildman–Crippen MR) is 98.9 cm³/mol. The summed E-state index contributed by atoms with van der Waals surface area (Å²) < 4.78 is 32.8. The van der Waals surface area contributed by atoms with Crippen molar-refractivity contribution in [3.05, 3.63) is 52.5 Å². The van der Waals surface area contributed by atoms with E-state index >= 15 is 0 Å². The Bertz CT molecular complexity index is 805. The summed E-state index contributed by atoms with van der Waals surface area (Å²) >= 11 is 12.0. The van der Waals surface area contributed by atoms with Crippen molar-refractivity contribution in [1.29, 1.82) is 0 Å². The molecule has 0 aliphatic heterocycles. The number of sulfonamides is 1. The first-order valence-electron chi connectivity index (χ1n) is 7.50. The maximum absolute atomic E-state index is 13.0. The summed E-state index contributed by atoms with van der Waals surface area (Å²) in [6.45, 7) is 5.87. The number of hydrogen-bond acceptors (Lipinski definition) is 3. The van der Waals surface area contributed by atoms with Gasteiger partial charge in [0, 0.05) is 11.6 Å². The molecule has 0 aliphatic rings. The van der Waals surface area contributed by atoms with Crippen LogP contribution in [0.3, 0.4) is 0 Å². The Kier molecular flexibility index (Phi) is 6.01. The van der Waals surface area contributed by atoms with Gasteiger partial charge in [0.2, 0.25) is 0 Å². The average Bonchev–Trinajstić information content (AvgIpc) is 2.51. The number of halogens is 2. The minimum Gasteiger partial charge on any atom is -0.491 e. The van der Waals surface area contributed by atoms with Gasteiger partial charge >= 0.3 is 0 Å². The van der Waals surface area contributed by atoms with Crippen LogP contribution in [0.2, 0.25) is 10.0 Å². The number of rotatable bonds is 6. The summed E-state index contributed by atoms with van der Waals surface area (Å²) in [5.41, 5.74) is 0.532. The molecule has 130 valence electrons. The second kappa shape index (κ2) is 7.64. The highest BCUT2D eigenvalue weighted by atomic mass is 35.5. The van der Waals surface area contributed by atoms with E-state index in [1.807, 2.05) is 13.8 Å². The molecular weight excluding hydrogens is 369 g/mol. The highest BCUT2D eigenvalue weighted by Crippen LogP contribution is 2.31. The third kappa shape index (κ3) is 4.15. The fourth-order valence-corrected chi connectivity index (χ4v) is 4.46. The quantitative estimate of drug-likeness (QED) is 0.700. The van der Waals surface area contributed by atoms with E-state index in [0.717, 1.165) is 0 Å². The Balaban J connectivity index is 2.41. The molecule has 0 saturated carbocycles. The molecule has 0 radical (unpaired) electrons. The molecule has 0 aliphatic carbocycles. The van der Waals surface area contributed by atoms with E-state index in [-0.39, 0.29) is 22.6 Å². The Morgan fingerprint density at radius 2 is 1.71 bits per heavy atom. The van der Waals surface area contributed by atoms with E-state index < -0.39 is 10.0 Å². The first kappa shape index (κ1) is 18.9. The highest BCUT2D eigenvalue weighted by molar-refractivity contribution is 7.93. The largest absolute Gasteiger partial charge is 0.491 e. The molecule has 7 heteroatoms. The van der Waals surface area contributed by atoms with Gasteiger partial charge in [0.25, 0.3) is 10.0 Å². The van der Waals surface area contributed by atoms with Gasteiger partial charge in [-0.3, -0.25) is 4.31 Å². The zero-order valence-electron chi connectivity index (χ0n) is 13.7. The molecule has 2 aromatic rings. The molecule has 0 N–H and O–H groups in total. The Labute approximate surface area is 153 Å². The fourth-order valence-electron chi connectivity index (χ4n) is 2.25. The van der Waals surface area contributed by atoms with Crippen LogP contribution >= 0.6 is 23.2 Å². The molecule has 2 rings (SSSR count). The lowest BCUT2D eigenvalue weighted by molar-refractivity contribution is 0.242. The van der Waals surface area contributed by atoms with Crippen molar-refractivity contribution in [1.82, 2.24) is 0 Å². The number of anilines is 1. The number of nitrogens with zero attached hydrogens (tertiary/aromatic N) is 1. The van der Waals surface area contributed by atoms with Gasteiger partial charge in [0.15, 0.2) is 0 Å². The fraction of sp³-hybridized carbons (Fsp3) is 0.294. The van der Waals surface area contributed by atoms with Crippen LogP contribution in [-0.2, 0) is 10.0 Å². The molecule has 0 spiro atoms. The van der Waals surface area contributed by atoms with Crippen LogP contribution in [0.25, 0.3) is 0 Å². The topological polar surface area (TPSA) is 46.6 Å². The van der Waals surface area contributed by atoms with Crippen molar-refractivity contribution < 1.29 is 13.2 Å². The van der Waals surface area contributed by atoms with Gasteiger partial charge in [0.05, 0.1) is 16.8 Å². The molecule has 0 bridgehead atoms. The van der Waals surface area contributed by atoms with Crippen molar-refractivity contribution in [2.24, 2.45) is 0 Å². The normalized spacial score (nSPS) is 11.6. The predicted octanol–water partition coefficient (Wildman–Crippen LogP) is 5.00. The van der Waals surface area contributed by atoms with E-state index in [2.05, 4.69) is 0 Å². The van der Waals surface area contributed by atoms with Gasteiger partial charge < -0.3 is 4.74 Å². The molecule has 0 atom stereocenters. The molecule has 0 heterocycles. The second-order valence-corrected chi connectivity index (χ2v) is 8.08. The van der Waals surface area contributed by atoms with Crippen LogP contribution in [-0.4, -0.2) is 21.1 Å². The van der Waals surface area contributed by atoms with Crippen LogP contribution in [0.4, 0.5) is 5.69 Å². The number of ether oxygens (including phenoxy) is 1. The molecule has 0 fully saturated rings. The number of hydrogen-bond donors (Lipinski definition) is 0. The van der Waals surface area contributed by atoms with Gasteiger partial charge in [-0.25, -0.2) is 8.42 Å². The van der Waals surface area contributed by atoms with Crippen molar-refractivity contribution in [3.63, 3.8) is 0 Å². The monoisotopic (exact) mass is 387 g/mol. The highest BCUT2D eigenvalue weighted by Gasteiger charge is 2.26. The van der Waals surface area contributed by atoms with Gasteiger partial charge in [-0.05, 0) is 63.2 Å². The Morgan fingerprint density at radius 1 is 1.08 bits per heavy atom. The summed E-state index contributed by atoms with van der Waals surface area (Å²) in [7, 11) is -3.82. The summed E-state index contributed by atoms with van der Waals surface area (Å²) in [5.74, 6) is 0.683. The third-order valence-corrected chi connectivity index (χ3v) is 5.86. The Hall–Kier alpha value is -1.43. The average molecular weight is 388 g/mol. The van der Waals surface area contributed by atoms with Crippen molar-refractivity contribution in [2.45, 2.75) is 31.8 Å². The van der Waals surface area contributed by atoms with Gasteiger partial charge in [0.1, 0.15) is 10.6 Å². The van der Waals surface area contributed by atoms with Crippen LogP contribution < -0.4 is 9.04 Å². The molecule has 2 aromatic carbocycles. The van der Waals surface area contributed by atoms with E-state index in [4.69, 9.17) is 27.9 Å². The summed E-state index contributed by atoms with van der Waals surface area (Å²) in [6, 6.07) is 11.3. The lowest BCUT2D eigenvalue weighted by atomic mass is 10.3. The van der Waals surface area contributed by atoms with E-state index in [1.165, 1.54) is 16.4 Å². The van der Waals surface area contributed by atoms with Gasteiger partial charge in [-0.1, -0.05) is 23.2 Å². The first-order valence-corrected chi connectivity index (χ1v) is 9.69. The van der Waals surface area contributed by atoms with E-state index in [0.29, 0.717) is 16.5 Å². The minimum atomic E-state index is -3.82. The molecule has 4 nitrogen and oxygen atoms in total. The van der Waals surface area contributed by atoms with Crippen LogP contribution in [0, 0.1) is 0 Å². The first-order chi connectivity index (χ1) is 11.3. The van der Waals surface area contributed by atoms with Crippen molar-refractivity contribution in [3.8, 4) is 5.75 Å². The standard InChI is InChI=1S/C17H19Cl2NO3S/c1-4-20(14-6-8-15(9-7-14)23-12(2)3)24(21,22)17-11-13(18)5-10-16(17)19/h5-12H,4H2,1-3H3. The van der Waals surface area contributed by atoms with Crippen LogP contribution in [0.15, 0.2) is 47.4 Å². The zero-order chi connectivity index (χ0) is 17.9. The van der Waals surface area contributed by atoms with Crippen molar-refractivity contribution in [2.75, 3.05) is 10.8 Å². The minimum absolute atomic E-state index is 0.0129. The van der Waals surface area contributed by atoms with Crippen LogP contribution in [0.1, 0.15) is 20.8 Å². The lowest BCUT2D eigenvalue weighted by Crippen LogP contribution is -2.31. The summed E-state index contributed by atoms with van der Waals surface area (Å²) in [4.78, 5) is -0.0129. The maximum atomic E-state index is 13.0. The number of benzene rings is 2. The lowest BCUT2D eigenvalue weighted by Gasteiger charge is -2.24. The molecule has 0 aromatic heterocycles. The van der Waals surface area contributed by atoms with E-state index in [1.54, 1.807) is 37.3 Å². The summed E-state index contributed by atoms with van der Waals surface area (Å²) in [5, 5.41) is 0.451. The third-order valence-electron chi connectivity index (χ3n) is 3.24. The summed E-state index contributed by atoms with van der Waals surface area (Å²) in [6.07, 6.45) is 0.0483. The van der Waals surface area contributed by atoms with Gasteiger partial charge in [-0.15, -0.1) is 0 Å². The van der Waals surface area contributed by atoms with Crippen molar-refractivity contribution >= 4 is 38.9 Å². The molecule has 0 saturated heterocycles. The zero-order valence-corrected chi connectivity index (χ0v) is 16.0. The smallest absolute Gasteiger partial charge is 0.265 e. The van der Waals surface area contributed by atoms with Gasteiger partial charge in [-0.2, -0.15) is 0 Å². The SMILES string of the molecule is CCN(c1ccc(OC(C)C)cc1)S(=O)(=O)c1cc(Cl)ccc1Cl. The van der Waals surface area contributed by atoms with E-state index in [9.17, 15) is 8.42 Å². The maximum Gasteiger partial charge on any atom is 0.265 e.